The third kappa shape index (κ3) is 1.81. The smallest absolute Gasteiger partial charge is 0.257 e. The summed E-state index contributed by atoms with van der Waals surface area (Å²) in [5.41, 5.74) is 1.02. The van der Waals surface area contributed by atoms with E-state index in [1.165, 1.54) is 0 Å². The lowest BCUT2D eigenvalue weighted by Gasteiger charge is -2.23. The summed E-state index contributed by atoms with van der Waals surface area (Å²) in [7, 11) is 0. The molecule has 1 heterocycles. The Hall–Kier alpha value is -2.66. The van der Waals surface area contributed by atoms with Crippen molar-refractivity contribution >= 4 is 50.7 Å². The Bertz CT molecular complexity index is 1120. The van der Waals surface area contributed by atoms with E-state index in [-0.39, 0.29) is 5.12 Å². The van der Waals surface area contributed by atoms with Crippen LogP contribution in [-0.4, -0.2) is 17.3 Å². The number of benzene rings is 3. The van der Waals surface area contributed by atoms with Gasteiger partial charge in [-0.15, -0.1) is 0 Å². The van der Waals surface area contributed by atoms with Crippen molar-refractivity contribution in [2.45, 2.75) is 5.60 Å². The van der Waals surface area contributed by atoms with E-state index in [9.17, 15) is 9.18 Å². The first kappa shape index (κ1) is 14.7. The van der Waals surface area contributed by atoms with E-state index in [2.05, 4.69) is 29.4 Å². The summed E-state index contributed by atoms with van der Waals surface area (Å²) in [4.78, 5) is 18.1. The number of hydrogen-bond acceptors (Lipinski definition) is 4. The highest BCUT2D eigenvalue weighted by atomic mass is 32.2. The van der Waals surface area contributed by atoms with Gasteiger partial charge >= 0.3 is 0 Å². The summed E-state index contributed by atoms with van der Waals surface area (Å²) < 4.78 is 12.8. The molecule has 122 valence electrons. The monoisotopic (exact) mass is 349 g/mol. The van der Waals surface area contributed by atoms with Crippen LogP contribution < -0.4 is 0 Å². The Morgan fingerprint density at radius 2 is 1.92 bits per heavy atom. The summed E-state index contributed by atoms with van der Waals surface area (Å²) in [5.74, 6) is 0. The largest absolute Gasteiger partial charge is 0.370 e. The van der Waals surface area contributed by atoms with Gasteiger partial charge in [-0.25, -0.2) is 4.39 Å². The molecule has 2 aliphatic rings. The summed E-state index contributed by atoms with van der Waals surface area (Å²) in [6, 6.07) is 15.4. The number of carbonyl (C=O) groups is 1. The highest BCUT2D eigenvalue weighted by Gasteiger charge is 2.53. The third-order valence-corrected chi connectivity index (χ3v) is 5.57. The van der Waals surface area contributed by atoms with Crippen LogP contribution >= 0.6 is 11.8 Å². The Balaban J connectivity index is 1.82. The first-order valence-electron chi connectivity index (χ1n) is 7.87. The maximum atomic E-state index is 12.8. The second kappa shape index (κ2) is 5.17. The molecule has 3 nitrogen and oxygen atoms in total. The molecule has 25 heavy (non-hydrogen) atoms. The molecule has 1 aliphatic heterocycles. The number of fused-ring (bicyclic) bond motifs is 7. The molecule has 0 spiro atoms. The molecule has 0 amide bonds. The van der Waals surface area contributed by atoms with Crippen molar-refractivity contribution in [2.75, 3.05) is 6.01 Å². The van der Waals surface area contributed by atoms with E-state index >= 15 is 0 Å². The van der Waals surface area contributed by atoms with Gasteiger partial charge in [0, 0.05) is 11.1 Å². The van der Waals surface area contributed by atoms with Gasteiger partial charge in [-0.1, -0.05) is 53.7 Å². The quantitative estimate of drug-likeness (QED) is 0.625. The molecular weight excluding hydrogens is 337 g/mol. The van der Waals surface area contributed by atoms with Gasteiger partial charge in [0.25, 0.3) is 5.60 Å². The molecule has 1 aliphatic carbocycles. The predicted molar refractivity (Wildman–Crippen MR) is 99.3 cm³/mol. The van der Waals surface area contributed by atoms with Gasteiger partial charge in [-0.05, 0) is 44.9 Å². The predicted octanol–water partition coefficient (Wildman–Crippen LogP) is 4.79. The van der Waals surface area contributed by atoms with Crippen LogP contribution in [0.4, 0.5) is 4.39 Å². The molecule has 1 unspecified atom stereocenters. The van der Waals surface area contributed by atoms with Crippen molar-refractivity contribution < 1.29 is 14.0 Å². The van der Waals surface area contributed by atoms with Crippen molar-refractivity contribution in [3.63, 3.8) is 0 Å². The van der Waals surface area contributed by atoms with Crippen LogP contribution in [0.25, 0.3) is 27.6 Å². The highest BCUT2D eigenvalue weighted by Crippen LogP contribution is 2.50. The normalized spacial score (nSPS) is 20.4. The number of thioether (sulfide) groups is 1. The maximum Gasteiger partial charge on any atom is 0.257 e. The van der Waals surface area contributed by atoms with E-state index < -0.39 is 11.6 Å². The lowest BCUT2D eigenvalue weighted by molar-refractivity contribution is -0.128. The fourth-order valence-corrected chi connectivity index (χ4v) is 4.36. The van der Waals surface area contributed by atoms with Gasteiger partial charge in [-0.3, -0.25) is 4.79 Å². The number of oxime groups is 1. The third-order valence-electron chi connectivity index (χ3n) is 4.91. The van der Waals surface area contributed by atoms with Crippen LogP contribution in [0.3, 0.4) is 0 Å². The summed E-state index contributed by atoms with van der Waals surface area (Å²) in [6.45, 7) is 0. The fraction of sp³-hybridized carbons (Fsp3) is 0.100. The zero-order valence-corrected chi connectivity index (χ0v) is 13.8. The van der Waals surface area contributed by atoms with E-state index in [4.69, 9.17) is 4.84 Å². The Morgan fingerprint density at radius 3 is 2.80 bits per heavy atom. The molecule has 0 radical (unpaired) electrons. The van der Waals surface area contributed by atoms with Crippen molar-refractivity contribution in [2.24, 2.45) is 5.16 Å². The maximum absolute atomic E-state index is 12.8. The SMILES string of the molecule is O=C(SCF)C12ON=CC1=Cc1c2ccc2c1ccc1ccccc12. The van der Waals surface area contributed by atoms with Crippen LogP contribution in [0.2, 0.25) is 0 Å². The fourth-order valence-electron chi connectivity index (χ4n) is 3.80. The van der Waals surface area contributed by atoms with Crippen LogP contribution in [0.1, 0.15) is 11.1 Å². The number of carbonyl (C=O) groups excluding carboxylic acids is 1. The van der Waals surface area contributed by atoms with Gasteiger partial charge in [0.2, 0.25) is 5.12 Å². The summed E-state index contributed by atoms with van der Waals surface area (Å²) >= 11 is 0.616. The minimum atomic E-state index is -1.31. The van der Waals surface area contributed by atoms with Crippen molar-refractivity contribution in [3.05, 3.63) is 65.2 Å². The number of hydrogen-bond donors (Lipinski definition) is 0. The number of alkyl halides is 1. The molecule has 0 bridgehead atoms. The van der Waals surface area contributed by atoms with Crippen LogP contribution in [0.5, 0.6) is 0 Å². The molecule has 0 N–H and O–H groups in total. The number of nitrogens with zero attached hydrogens (tertiary/aromatic N) is 1. The van der Waals surface area contributed by atoms with Gasteiger partial charge < -0.3 is 4.84 Å². The molecule has 0 aromatic heterocycles. The number of halogens is 1. The summed E-state index contributed by atoms with van der Waals surface area (Å²) in [5, 5.41) is 7.93. The lowest BCUT2D eigenvalue weighted by Crippen LogP contribution is -2.33. The van der Waals surface area contributed by atoms with Crippen molar-refractivity contribution in [1.82, 2.24) is 0 Å². The standard InChI is InChI=1S/C20H12FNO2S/c21-11-25-19(23)20-13(10-22-24-20)9-17-16-6-5-12-3-1-2-4-14(12)15(16)7-8-18(17)20/h1-10H,11H2. The average Bonchev–Trinajstić information content (AvgIpc) is 3.19. The molecule has 0 saturated carbocycles. The minimum Gasteiger partial charge on any atom is -0.370 e. The van der Waals surface area contributed by atoms with E-state index in [1.54, 1.807) is 6.21 Å². The van der Waals surface area contributed by atoms with Crippen LogP contribution in [0.15, 0.2) is 59.3 Å². The van der Waals surface area contributed by atoms with E-state index in [0.717, 1.165) is 32.7 Å². The van der Waals surface area contributed by atoms with E-state index in [0.29, 0.717) is 17.3 Å². The summed E-state index contributed by atoms with van der Waals surface area (Å²) in [6.07, 6.45) is 3.48. The zero-order valence-electron chi connectivity index (χ0n) is 13.0. The molecule has 5 heteroatoms. The first-order chi connectivity index (χ1) is 12.3. The zero-order chi connectivity index (χ0) is 17.0. The molecule has 3 aromatic carbocycles. The van der Waals surface area contributed by atoms with Crippen molar-refractivity contribution in [3.8, 4) is 0 Å². The molecule has 0 saturated heterocycles. The molecule has 0 fully saturated rings. The Kier molecular flexibility index (Phi) is 3.03. The van der Waals surface area contributed by atoms with Crippen LogP contribution in [-0.2, 0) is 15.2 Å². The molecule has 1 atom stereocenters. The molecule has 5 rings (SSSR count). The minimum absolute atomic E-state index is 0.377. The highest BCUT2D eigenvalue weighted by molar-refractivity contribution is 8.13. The Labute approximate surface area is 147 Å². The van der Waals surface area contributed by atoms with Gasteiger partial charge in [0.05, 0.1) is 6.21 Å². The first-order valence-corrected chi connectivity index (χ1v) is 8.86. The molecular formula is C20H12FNO2S. The van der Waals surface area contributed by atoms with Gasteiger partial charge in [-0.2, -0.15) is 0 Å². The van der Waals surface area contributed by atoms with Gasteiger partial charge in [0.1, 0.15) is 6.01 Å². The van der Waals surface area contributed by atoms with Crippen molar-refractivity contribution in [1.29, 1.82) is 0 Å². The topological polar surface area (TPSA) is 38.7 Å². The second-order valence-electron chi connectivity index (χ2n) is 6.06. The Morgan fingerprint density at radius 1 is 1.08 bits per heavy atom. The van der Waals surface area contributed by atoms with Gasteiger partial charge in [0.15, 0.2) is 0 Å². The lowest BCUT2D eigenvalue weighted by atomic mass is 9.89. The molecule has 3 aromatic rings. The van der Waals surface area contributed by atoms with E-state index in [1.807, 2.05) is 30.3 Å². The van der Waals surface area contributed by atoms with Crippen LogP contribution in [0, 0.1) is 0 Å². The average molecular weight is 349 g/mol. The number of rotatable bonds is 2. The second-order valence-corrected chi connectivity index (χ2v) is 6.93.